The molecule has 0 bridgehead atoms. The second-order valence-corrected chi connectivity index (χ2v) is 2.70. The summed E-state index contributed by atoms with van der Waals surface area (Å²) in [6, 6.07) is 5.16. The molecule has 5 heteroatoms. The number of esters is 1. The average Bonchev–Trinajstić information content (AvgIpc) is 2.29. The molecular weight excluding hydrogens is 213 g/mol. The van der Waals surface area contributed by atoms with Gasteiger partial charge in [-0.1, -0.05) is 0 Å². The number of halogens is 1. The van der Waals surface area contributed by atoms with E-state index < -0.39 is 17.7 Å². The standard InChI is InChI=1S/C11H8FNO3/c1-16-11(15)7-6-10(14)13-9-4-2-8(12)3-5-9/h2-5H,1H3,(H,13,14). The van der Waals surface area contributed by atoms with Crippen LogP contribution in [-0.2, 0) is 14.3 Å². The Bertz CT molecular complexity index is 456. The number of amides is 1. The van der Waals surface area contributed by atoms with Gasteiger partial charge >= 0.3 is 11.9 Å². The van der Waals surface area contributed by atoms with Gasteiger partial charge in [-0.25, -0.2) is 9.18 Å². The molecule has 0 unspecified atom stereocenters. The monoisotopic (exact) mass is 221 g/mol. The lowest BCUT2D eigenvalue weighted by Gasteiger charge is -1.99. The smallest absolute Gasteiger partial charge is 0.384 e. The molecule has 1 N–H and O–H groups in total. The summed E-state index contributed by atoms with van der Waals surface area (Å²) in [4.78, 5) is 21.7. The highest BCUT2D eigenvalue weighted by atomic mass is 19.1. The molecule has 0 saturated heterocycles. The Morgan fingerprint density at radius 1 is 1.25 bits per heavy atom. The molecule has 1 aromatic rings. The molecule has 16 heavy (non-hydrogen) atoms. The van der Waals surface area contributed by atoms with Crippen LogP contribution in [-0.4, -0.2) is 19.0 Å². The van der Waals surface area contributed by atoms with E-state index in [1.54, 1.807) is 0 Å². The van der Waals surface area contributed by atoms with Crippen LogP contribution in [0.1, 0.15) is 0 Å². The van der Waals surface area contributed by atoms with Crippen molar-refractivity contribution in [2.24, 2.45) is 0 Å². The van der Waals surface area contributed by atoms with Crippen LogP contribution < -0.4 is 5.32 Å². The van der Waals surface area contributed by atoms with Crippen molar-refractivity contribution in [1.29, 1.82) is 0 Å². The zero-order valence-corrected chi connectivity index (χ0v) is 8.41. The van der Waals surface area contributed by atoms with Crippen molar-refractivity contribution >= 4 is 17.6 Å². The van der Waals surface area contributed by atoms with Crippen molar-refractivity contribution in [2.45, 2.75) is 0 Å². The normalized spacial score (nSPS) is 8.62. The van der Waals surface area contributed by atoms with E-state index >= 15 is 0 Å². The fourth-order valence-electron chi connectivity index (χ4n) is 0.854. The summed E-state index contributed by atoms with van der Waals surface area (Å²) >= 11 is 0. The lowest BCUT2D eigenvalue weighted by atomic mass is 10.3. The fourth-order valence-corrected chi connectivity index (χ4v) is 0.854. The maximum Gasteiger partial charge on any atom is 0.384 e. The Kier molecular flexibility index (Phi) is 4.04. The first-order chi connectivity index (χ1) is 7.61. The lowest BCUT2D eigenvalue weighted by Crippen LogP contribution is -2.09. The summed E-state index contributed by atoms with van der Waals surface area (Å²) < 4.78 is 16.7. The topological polar surface area (TPSA) is 55.4 Å². The molecule has 0 heterocycles. The number of anilines is 1. The maximum atomic E-state index is 12.5. The van der Waals surface area contributed by atoms with E-state index in [-0.39, 0.29) is 0 Å². The minimum Gasteiger partial charge on any atom is -0.459 e. The van der Waals surface area contributed by atoms with Crippen molar-refractivity contribution in [3.8, 4) is 11.8 Å². The van der Waals surface area contributed by atoms with Crippen molar-refractivity contribution < 1.29 is 18.7 Å². The first kappa shape index (κ1) is 11.7. The molecular formula is C11H8FNO3. The Labute approximate surface area is 91.4 Å². The minimum atomic E-state index is -0.797. The number of rotatable bonds is 1. The molecule has 0 spiro atoms. The van der Waals surface area contributed by atoms with Crippen LogP contribution in [0.5, 0.6) is 0 Å². The van der Waals surface area contributed by atoms with E-state index in [0.29, 0.717) is 5.69 Å². The number of ether oxygens (including phenoxy) is 1. The van der Waals surface area contributed by atoms with Crippen LogP contribution in [0.3, 0.4) is 0 Å². The zero-order chi connectivity index (χ0) is 12.0. The molecule has 82 valence electrons. The van der Waals surface area contributed by atoms with Crippen molar-refractivity contribution in [1.82, 2.24) is 0 Å². The van der Waals surface area contributed by atoms with E-state index in [2.05, 4.69) is 10.1 Å². The van der Waals surface area contributed by atoms with Gasteiger partial charge in [0.1, 0.15) is 5.82 Å². The van der Waals surface area contributed by atoms with Crippen molar-refractivity contribution in [2.75, 3.05) is 12.4 Å². The number of carbonyl (C=O) groups is 2. The number of hydrogen-bond donors (Lipinski definition) is 1. The largest absolute Gasteiger partial charge is 0.459 e. The third kappa shape index (κ3) is 3.80. The van der Waals surface area contributed by atoms with E-state index in [1.165, 1.54) is 24.3 Å². The molecule has 0 aliphatic heterocycles. The van der Waals surface area contributed by atoms with Crippen LogP contribution in [0.4, 0.5) is 10.1 Å². The van der Waals surface area contributed by atoms with Crippen LogP contribution >= 0.6 is 0 Å². The van der Waals surface area contributed by atoms with E-state index in [4.69, 9.17) is 0 Å². The van der Waals surface area contributed by atoms with Gasteiger partial charge in [0.05, 0.1) is 7.11 Å². The van der Waals surface area contributed by atoms with E-state index in [0.717, 1.165) is 7.11 Å². The maximum absolute atomic E-state index is 12.5. The predicted octanol–water partition coefficient (Wildman–Crippen LogP) is 0.941. The molecule has 0 fully saturated rings. The Balaban J connectivity index is 2.60. The minimum absolute atomic E-state index is 0.394. The molecule has 0 saturated carbocycles. The summed E-state index contributed by atoms with van der Waals surface area (Å²) in [6.45, 7) is 0. The van der Waals surface area contributed by atoms with E-state index in [9.17, 15) is 14.0 Å². The second kappa shape index (κ2) is 5.51. The Morgan fingerprint density at radius 3 is 2.44 bits per heavy atom. The quantitative estimate of drug-likeness (QED) is 0.436. The third-order valence-electron chi connectivity index (χ3n) is 1.57. The first-order valence-corrected chi connectivity index (χ1v) is 4.28. The molecule has 0 aromatic heterocycles. The highest BCUT2D eigenvalue weighted by Crippen LogP contribution is 2.07. The van der Waals surface area contributed by atoms with Gasteiger partial charge in [0.25, 0.3) is 0 Å². The SMILES string of the molecule is COC(=O)C#CC(=O)Nc1ccc(F)cc1. The average molecular weight is 221 g/mol. The summed E-state index contributed by atoms with van der Waals surface area (Å²) in [5.41, 5.74) is 0.394. The third-order valence-corrected chi connectivity index (χ3v) is 1.57. The predicted molar refractivity (Wildman–Crippen MR) is 54.8 cm³/mol. The molecule has 1 amide bonds. The molecule has 1 aromatic carbocycles. The Hall–Kier alpha value is -2.35. The zero-order valence-electron chi connectivity index (χ0n) is 8.41. The van der Waals surface area contributed by atoms with Gasteiger partial charge in [-0.05, 0) is 24.3 Å². The summed E-state index contributed by atoms with van der Waals surface area (Å²) in [7, 11) is 1.16. The van der Waals surface area contributed by atoms with Gasteiger partial charge in [-0.2, -0.15) is 0 Å². The molecule has 0 atom stereocenters. The van der Waals surface area contributed by atoms with Gasteiger partial charge in [0.15, 0.2) is 0 Å². The fraction of sp³-hybridized carbons (Fsp3) is 0.0909. The first-order valence-electron chi connectivity index (χ1n) is 4.28. The van der Waals surface area contributed by atoms with Gasteiger partial charge in [0.2, 0.25) is 0 Å². The number of methoxy groups -OCH3 is 1. The van der Waals surface area contributed by atoms with Crippen LogP contribution in [0, 0.1) is 17.7 Å². The van der Waals surface area contributed by atoms with Gasteiger partial charge < -0.3 is 10.1 Å². The van der Waals surface area contributed by atoms with Gasteiger partial charge in [-0.15, -0.1) is 0 Å². The molecule has 1 rings (SSSR count). The number of carbonyl (C=O) groups excluding carboxylic acids is 2. The number of nitrogens with one attached hydrogen (secondary N) is 1. The highest BCUT2D eigenvalue weighted by molar-refractivity contribution is 6.07. The van der Waals surface area contributed by atoms with Crippen LogP contribution in [0.2, 0.25) is 0 Å². The summed E-state index contributed by atoms with van der Waals surface area (Å²) in [6.07, 6.45) is 0. The summed E-state index contributed by atoms with van der Waals surface area (Å²) in [5.74, 6) is 2.12. The second-order valence-electron chi connectivity index (χ2n) is 2.70. The summed E-state index contributed by atoms with van der Waals surface area (Å²) in [5, 5.41) is 2.36. The van der Waals surface area contributed by atoms with E-state index in [1.807, 2.05) is 11.8 Å². The lowest BCUT2D eigenvalue weighted by molar-refractivity contribution is -0.133. The number of benzene rings is 1. The van der Waals surface area contributed by atoms with Gasteiger partial charge in [0, 0.05) is 17.5 Å². The molecule has 0 aliphatic carbocycles. The van der Waals surface area contributed by atoms with Crippen molar-refractivity contribution in [3.63, 3.8) is 0 Å². The van der Waals surface area contributed by atoms with Crippen LogP contribution in [0.15, 0.2) is 24.3 Å². The van der Waals surface area contributed by atoms with Crippen molar-refractivity contribution in [3.05, 3.63) is 30.1 Å². The van der Waals surface area contributed by atoms with Gasteiger partial charge in [-0.3, -0.25) is 4.79 Å². The van der Waals surface area contributed by atoms with Crippen LogP contribution in [0.25, 0.3) is 0 Å². The number of hydrogen-bond acceptors (Lipinski definition) is 3. The molecule has 0 radical (unpaired) electrons. The highest BCUT2D eigenvalue weighted by Gasteiger charge is 1.99. The Morgan fingerprint density at radius 2 is 1.88 bits per heavy atom. The molecule has 0 aliphatic rings. The molecule has 4 nitrogen and oxygen atoms in total.